The Bertz CT molecular complexity index is 281. The predicted molar refractivity (Wildman–Crippen MR) is 74.9 cm³/mol. The molecule has 0 fully saturated rings. The Morgan fingerprint density at radius 2 is 1.67 bits per heavy atom. The fourth-order valence-corrected chi connectivity index (χ4v) is 2.44. The van der Waals surface area contributed by atoms with Crippen molar-refractivity contribution in [2.24, 2.45) is 5.92 Å². The van der Waals surface area contributed by atoms with E-state index in [9.17, 15) is 9.90 Å². The molecule has 0 aliphatic carbocycles. The van der Waals surface area contributed by atoms with E-state index >= 15 is 0 Å². The molecule has 0 aromatic carbocycles. The SMILES string of the molecule is COC(=O)[C@H](O[Si](C)(C)C(C)(C)C)[C@@H](O)C(C)C. The van der Waals surface area contributed by atoms with Crippen molar-refractivity contribution in [1.29, 1.82) is 0 Å². The molecule has 18 heavy (non-hydrogen) atoms. The van der Waals surface area contributed by atoms with Crippen LogP contribution in [0.25, 0.3) is 0 Å². The number of esters is 1. The molecule has 5 heteroatoms. The summed E-state index contributed by atoms with van der Waals surface area (Å²) in [7, 11) is -0.800. The van der Waals surface area contributed by atoms with Gasteiger partial charge in [0.05, 0.1) is 13.2 Å². The molecule has 0 spiro atoms. The van der Waals surface area contributed by atoms with Crippen molar-refractivity contribution in [3.05, 3.63) is 0 Å². The first-order valence-electron chi connectivity index (χ1n) is 6.37. The summed E-state index contributed by atoms with van der Waals surface area (Å²) in [5.41, 5.74) is 0. The third-order valence-corrected chi connectivity index (χ3v) is 8.11. The van der Waals surface area contributed by atoms with Gasteiger partial charge in [-0.05, 0) is 24.1 Å². The zero-order valence-corrected chi connectivity index (χ0v) is 13.9. The minimum atomic E-state index is -2.12. The van der Waals surface area contributed by atoms with E-state index in [4.69, 9.17) is 9.16 Å². The second-order valence-corrected chi connectivity index (χ2v) is 11.3. The van der Waals surface area contributed by atoms with Crippen molar-refractivity contribution in [3.63, 3.8) is 0 Å². The number of hydrogen-bond acceptors (Lipinski definition) is 4. The molecule has 0 unspecified atom stereocenters. The number of carbonyl (C=O) groups is 1. The van der Waals surface area contributed by atoms with Crippen LogP contribution in [0, 0.1) is 5.92 Å². The van der Waals surface area contributed by atoms with Gasteiger partial charge in [-0.3, -0.25) is 0 Å². The Labute approximate surface area is 112 Å². The molecular weight excluding hydrogens is 248 g/mol. The highest BCUT2D eigenvalue weighted by Gasteiger charge is 2.43. The van der Waals surface area contributed by atoms with E-state index in [0.29, 0.717) is 0 Å². The van der Waals surface area contributed by atoms with E-state index in [0.717, 1.165) is 0 Å². The molecule has 1 N–H and O–H groups in total. The molecule has 0 aromatic rings. The van der Waals surface area contributed by atoms with Crippen molar-refractivity contribution in [2.75, 3.05) is 7.11 Å². The molecular formula is C13H28O4Si. The second kappa shape index (κ2) is 6.17. The maximum Gasteiger partial charge on any atom is 0.336 e. The molecule has 0 saturated heterocycles. The van der Waals surface area contributed by atoms with Gasteiger partial charge in [0, 0.05) is 0 Å². The lowest BCUT2D eigenvalue weighted by atomic mass is 10.0. The Hall–Kier alpha value is -0.393. The van der Waals surface area contributed by atoms with Crippen LogP contribution in [0.5, 0.6) is 0 Å². The molecule has 0 rings (SSSR count). The summed E-state index contributed by atoms with van der Waals surface area (Å²) in [4.78, 5) is 11.8. The molecule has 0 saturated carbocycles. The minimum absolute atomic E-state index is 0.0179. The molecule has 4 nitrogen and oxygen atoms in total. The normalized spacial score (nSPS) is 16.6. The van der Waals surface area contributed by atoms with E-state index in [1.807, 2.05) is 13.8 Å². The molecule has 0 aromatic heterocycles. The van der Waals surface area contributed by atoms with Gasteiger partial charge in [0.25, 0.3) is 0 Å². The van der Waals surface area contributed by atoms with Gasteiger partial charge in [0.1, 0.15) is 0 Å². The first kappa shape index (κ1) is 17.6. The van der Waals surface area contributed by atoms with E-state index in [1.54, 1.807) is 0 Å². The summed E-state index contributed by atoms with van der Waals surface area (Å²) in [6.45, 7) is 14.1. The van der Waals surface area contributed by atoms with E-state index in [2.05, 4.69) is 33.9 Å². The third-order valence-electron chi connectivity index (χ3n) is 3.65. The van der Waals surface area contributed by atoms with Crippen LogP contribution in [-0.4, -0.2) is 38.7 Å². The highest BCUT2D eigenvalue weighted by Crippen LogP contribution is 2.38. The van der Waals surface area contributed by atoms with Crippen LogP contribution < -0.4 is 0 Å². The summed E-state index contributed by atoms with van der Waals surface area (Å²) in [5, 5.41) is 10.1. The molecule has 0 heterocycles. The molecule has 0 radical (unpaired) electrons. The Morgan fingerprint density at radius 3 is 1.94 bits per heavy atom. The molecule has 2 atom stereocenters. The number of aliphatic hydroxyl groups excluding tert-OH is 1. The quantitative estimate of drug-likeness (QED) is 0.619. The summed E-state index contributed by atoms with van der Waals surface area (Å²) in [6.07, 6.45) is -1.73. The van der Waals surface area contributed by atoms with Gasteiger partial charge in [-0.2, -0.15) is 0 Å². The van der Waals surface area contributed by atoms with Gasteiger partial charge in [-0.1, -0.05) is 34.6 Å². The average Bonchev–Trinajstić information content (AvgIpc) is 2.22. The Balaban J connectivity index is 5.08. The van der Waals surface area contributed by atoms with Crippen molar-refractivity contribution in [1.82, 2.24) is 0 Å². The van der Waals surface area contributed by atoms with Crippen molar-refractivity contribution in [3.8, 4) is 0 Å². The molecule has 0 amide bonds. The highest BCUT2D eigenvalue weighted by molar-refractivity contribution is 6.74. The average molecular weight is 276 g/mol. The van der Waals surface area contributed by atoms with E-state index in [-0.39, 0.29) is 11.0 Å². The summed E-state index contributed by atoms with van der Waals surface area (Å²) in [6, 6.07) is 0. The number of aliphatic hydroxyl groups is 1. The zero-order valence-electron chi connectivity index (χ0n) is 12.9. The monoisotopic (exact) mass is 276 g/mol. The molecule has 0 aliphatic rings. The van der Waals surface area contributed by atoms with Gasteiger partial charge in [0.2, 0.25) is 0 Å². The van der Waals surface area contributed by atoms with Crippen molar-refractivity contribution < 1.29 is 19.1 Å². The van der Waals surface area contributed by atoms with Crippen LogP contribution in [0.4, 0.5) is 0 Å². The highest BCUT2D eigenvalue weighted by atomic mass is 28.4. The standard InChI is InChI=1S/C13H28O4Si/c1-9(2)10(14)11(12(15)16-6)17-18(7,8)13(3,4)5/h9-11,14H,1-8H3/t10-,11+/m0/s1. The van der Waals surface area contributed by atoms with Crippen LogP contribution in [0.2, 0.25) is 18.1 Å². The summed E-state index contributed by atoms with van der Waals surface area (Å²) >= 11 is 0. The number of methoxy groups -OCH3 is 1. The minimum Gasteiger partial charge on any atom is -0.467 e. The number of ether oxygens (including phenoxy) is 1. The van der Waals surface area contributed by atoms with Gasteiger partial charge >= 0.3 is 5.97 Å². The third kappa shape index (κ3) is 4.37. The van der Waals surface area contributed by atoms with Crippen molar-refractivity contribution >= 4 is 14.3 Å². The number of hydrogen-bond donors (Lipinski definition) is 1. The van der Waals surface area contributed by atoms with E-state index in [1.165, 1.54) is 7.11 Å². The predicted octanol–water partition coefficient (Wildman–Crippen LogP) is 2.57. The molecule has 0 bridgehead atoms. The smallest absolute Gasteiger partial charge is 0.336 e. The maximum absolute atomic E-state index is 11.8. The van der Waals surface area contributed by atoms with Gasteiger partial charge < -0.3 is 14.3 Å². The topological polar surface area (TPSA) is 55.8 Å². The first-order valence-corrected chi connectivity index (χ1v) is 9.28. The summed E-state index contributed by atoms with van der Waals surface area (Å²) in [5.74, 6) is -0.556. The van der Waals surface area contributed by atoms with Crippen LogP contribution in [0.15, 0.2) is 0 Å². The Kier molecular flexibility index (Phi) is 6.03. The summed E-state index contributed by atoms with van der Waals surface area (Å²) < 4.78 is 10.7. The molecule has 108 valence electrons. The fraction of sp³-hybridized carbons (Fsp3) is 0.923. The Morgan fingerprint density at radius 1 is 1.22 bits per heavy atom. The first-order chi connectivity index (χ1) is 7.94. The van der Waals surface area contributed by atoms with Crippen molar-refractivity contribution in [2.45, 2.75) is 65.0 Å². The van der Waals surface area contributed by atoms with Crippen LogP contribution >= 0.6 is 0 Å². The van der Waals surface area contributed by atoms with Crippen LogP contribution in [0.1, 0.15) is 34.6 Å². The fourth-order valence-electron chi connectivity index (χ4n) is 1.22. The van der Waals surface area contributed by atoms with Gasteiger partial charge in [0.15, 0.2) is 14.4 Å². The van der Waals surface area contributed by atoms with Crippen LogP contribution in [0.3, 0.4) is 0 Å². The second-order valence-electron chi connectivity index (χ2n) is 6.56. The van der Waals surface area contributed by atoms with Crippen LogP contribution in [-0.2, 0) is 14.0 Å². The lowest BCUT2D eigenvalue weighted by Crippen LogP contribution is -2.51. The van der Waals surface area contributed by atoms with Gasteiger partial charge in [-0.15, -0.1) is 0 Å². The zero-order chi connectivity index (χ0) is 14.7. The maximum atomic E-state index is 11.8. The lowest BCUT2D eigenvalue weighted by molar-refractivity contribution is -0.156. The van der Waals surface area contributed by atoms with Gasteiger partial charge in [-0.25, -0.2) is 4.79 Å². The molecule has 0 aliphatic heterocycles. The number of rotatable bonds is 5. The number of carbonyl (C=O) groups excluding carboxylic acids is 1. The lowest BCUT2D eigenvalue weighted by Gasteiger charge is -2.40. The van der Waals surface area contributed by atoms with E-state index < -0.39 is 26.5 Å². The largest absolute Gasteiger partial charge is 0.467 e.